The normalized spacial score (nSPS) is 11.3. The molecular weight excluding hydrogens is 206 g/mol. The monoisotopic (exact) mass is 210 g/mol. The summed E-state index contributed by atoms with van der Waals surface area (Å²) in [4.78, 5) is 10.5. The van der Waals surface area contributed by atoms with Gasteiger partial charge in [-0.2, -0.15) is 8.78 Å². The zero-order valence-corrected chi connectivity index (χ0v) is 7.02. The summed E-state index contributed by atoms with van der Waals surface area (Å²) in [5.74, 6) is -1.29. The van der Waals surface area contributed by atoms with Crippen LogP contribution in [-0.4, -0.2) is 16.4 Å². The lowest BCUT2D eigenvalue weighted by Gasteiger charge is -2.06. The van der Waals surface area contributed by atoms with E-state index in [1.165, 1.54) is 12.3 Å². The molecule has 1 N–H and O–H groups in total. The lowest BCUT2D eigenvalue weighted by atomic mass is 10.4. The highest BCUT2D eigenvalue weighted by Crippen LogP contribution is 2.18. The van der Waals surface area contributed by atoms with Crippen LogP contribution in [0.4, 0.5) is 8.78 Å². The summed E-state index contributed by atoms with van der Waals surface area (Å²) < 4.78 is 28.6. The Labute approximate surface area is 76.8 Å². The van der Waals surface area contributed by atoms with Gasteiger partial charge in [-0.15, -0.1) is 0 Å². The number of rotatable bonds is 3. The van der Waals surface area contributed by atoms with Gasteiger partial charge in [0.2, 0.25) is 0 Å². The number of aromatic nitrogens is 1. The molecule has 7 heteroatoms. The maximum Gasteiger partial charge on any atom is 0.399 e. The first-order chi connectivity index (χ1) is 6.00. The van der Waals surface area contributed by atoms with Crippen LogP contribution in [0.15, 0.2) is 16.8 Å². The molecule has 1 aromatic heterocycles. The highest BCUT2D eigenvalue weighted by Gasteiger charge is 2.35. The van der Waals surface area contributed by atoms with Gasteiger partial charge in [0.1, 0.15) is 0 Å². The topological polar surface area (TPSA) is 55.1 Å². The SMILES string of the molecule is O=C(NCc1ccno1)C(F)(F)Cl. The molecule has 0 aliphatic carbocycles. The molecule has 1 aromatic rings. The van der Waals surface area contributed by atoms with E-state index in [0.29, 0.717) is 0 Å². The Morgan fingerprint density at radius 3 is 2.92 bits per heavy atom. The van der Waals surface area contributed by atoms with Gasteiger partial charge in [0.15, 0.2) is 5.76 Å². The molecule has 0 spiro atoms. The number of carbonyl (C=O) groups is 1. The fourth-order valence-corrected chi connectivity index (χ4v) is 0.668. The van der Waals surface area contributed by atoms with Crippen molar-refractivity contribution in [2.24, 2.45) is 0 Å². The van der Waals surface area contributed by atoms with Crippen LogP contribution in [0.2, 0.25) is 0 Å². The van der Waals surface area contributed by atoms with Crippen LogP contribution in [0.1, 0.15) is 5.76 Å². The quantitative estimate of drug-likeness (QED) is 0.761. The summed E-state index contributed by atoms with van der Waals surface area (Å²) in [7, 11) is 0. The molecule has 0 saturated carbocycles. The number of amides is 1. The number of halogens is 3. The maximum absolute atomic E-state index is 12.1. The zero-order valence-electron chi connectivity index (χ0n) is 6.26. The van der Waals surface area contributed by atoms with Gasteiger partial charge in [0.05, 0.1) is 12.7 Å². The minimum Gasteiger partial charge on any atom is -0.360 e. The molecule has 0 fully saturated rings. The summed E-state index contributed by atoms with van der Waals surface area (Å²) >= 11 is 4.43. The lowest BCUT2D eigenvalue weighted by Crippen LogP contribution is -2.35. The van der Waals surface area contributed by atoms with Crippen molar-refractivity contribution in [3.05, 3.63) is 18.0 Å². The van der Waals surface area contributed by atoms with Gasteiger partial charge in [0.25, 0.3) is 0 Å². The molecule has 0 saturated heterocycles. The van der Waals surface area contributed by atoms with Gasteiger partial charge in [-0.05, 0) is 11.6 Å². The van der Waals surface area contributed by atoms with Crippen molar-refractivity contribution < 1.29 is 18.1 Å². The maximum atomic E-state index is 12.1. The van der Waals surface area contributed by atoms with Crippen LogP contribution in [0.5, 0.6) is 0 Å². The molecule has 0 aliphatic rings. The molecule has 0 atom stereocenters. The Morgan fingerprint density at radius 1 is 1.77 bits per heavy atom. The number of nitrogens with one attached hydrogen (secondary N) is 1. The Kier molecular flexibility index (Phi) is 2.82. The average molecular weight is 211 g/mol. The van der Waals surface area contributed by atoms with Gasteiger partial charge < -0.3 is 9.84 Å². The van der Waals surface area contributed by atoms with Gasteiger partial charge in [-0.1, -0.05) is 5.16 Å². The summed E-state index contributed by atoms with van der Waals surface area (Å²) in [6, 6.07) is 1.44. The summed E-state index contributed by atoms with van der Waals surface area (Å²) in [5, 5.41) is 1.30. The molecule has 13 heavy (non-hydrogen) atoms. The summed E-state index contributed by atoms with van der Waals surface area (Å²) in [6.07, 6.45) is 1.33. The second kappa shape index (κ2) is 3.69. The smallest absolute Gasteiger partial charge is 0.360 e. The molecule has 0 radical (unpaired) electrons. The van der Waals surface area contributed by atoms with Crippen molar-refractivity contribution in [1.29, 1.82) is 0 Å². The minimum atomic E-state index is -3.89. The fourth-order valence-electron chi connectivity index (χ4n) is 0.601. The molecule has 0 unspecified atom stereocenters. The third-order valence-corrected chi connectivity index (χ3v) is 1.34. The van der Waals surface area contributed by atoms with Crippen molar-refractivity contribution in [2.45, 2.75) is 11.9 Å². The Balaban J connectivity index is 2.40. The zero-order chi connectivity index (χ0) is 9.90. The standard InChI is InChI=1S/C6H5ClF2N2O2/c7-6(8,9)5(12)10-3-4-1-2-11-13-4/h1-2H,3H2,(H,10,12). The molecular formula is C6H5ClF2N2O2. The number of nitrogens with zero attached hydrogens (tertiary/aromatic N) is 1. The molecule has 1 rings (SSSR count). The van der Waals surface area contributed by atoms with Gasteiger partial charge in [0, 0.05) is 6.07 Å². The Hall–Kier alpha value is -1.17. The first kappa shape index (κ1) is 9.91. The van der Waals surface area contributed by atoms with E-state index in [0.717, 1.165) is 0 Å². The van der Waals surface area contributed by atoms with Crippen LogP contribution < -0.4 is 5.32 Å². The van der Waals surface area contributed by atoms with Crippen LogP contribution in [0.3, 0.4) is 0 Å². The second-order valence-corrected chi connectivity index (χ2v) is 2.63. The van der Waals surface area contributed by atoms with Crippen LogP contribution in [0, 0.1) is 0 Å². The van der Waals surface area contributed by atoms with Crippen molar-refractivity contribution in [3.63, 3.8) is 0 Å². The van der Waals surface area contributed by atoms with E-state index in [1.54, 1.807) is 0 Å². The van der Waals surface area contributed by atoms with E-state index in [9.17, 15) is 13.6 Å². The van der Waals surface area contributed by atoms with Gasteiger partial charge >= 0.3 is 11.3 Å². The third-order valence-electron chi connectivity index (χ3n) is 1.17. The molecule has 1 amide bonds. The molecule has 4 nitrogen and oxygen atoms in total. The first-order valence-electron chi connectivity index (χ1n) is 3.25. The van der Waals surface area contributed by atoms with Crippen LogP contribution in [0.25, 0.3) is 0 Å². The largest absolute Gasteiger partial charge is 0.399 e. The van der Waals surface area contributed by atoms with Crippen molar-refractivity contribution in [3.8, 4) is 0 Å². The van der Waals surface area contributed by atoms with E-state index >= 15 is 0 Å². The lowest BCUT2D eigenvalue weighted by molar-refractivity contribution is -0.135. The average Bonchev–Trinajstić information content (AvgIpc) is 2.50. The first-order valence-corrected chi connectivity index (χ1v) is 3.62. The predicted octanol–water partition coefficient (Wildman–Crippen LogP) is 1.12. The molecule has 72 valence electrons. The van der Waals surface area contributed by atoms with E-state index in [-0.39, 0.29) is 12.3 Å². The molecule has 0 bridgehead atoms. The minimum absolute atomic E-state index is 0.166. The van der Waals surface area contributed by atoms with E-state index < -0.39 is 11.3 Å². The van der Waals surface area contributed by atoms with Crippen LogP contribution in [-0.2, 0) is 11.3 Å². The second-order valence-electron chi connectivity index (χ2n) is 2.16. The fraction of sp³-hybridized carbons (Fsp3) is 0.333. The molecule has 0 aromatic carbocycles. The van der Waals surface area contributed by atoms with Crippen molar-refractivity contribution in [1.82, 2.24) is 10.5 Å². The summed E-state index contributed by atoms with van der Waals surface area (Å²) in [6.45, 7) is -0.166. The van der Waals surface area contributed by atoms with Gasteiger partial charge in [-0.3, -0.25) is 4.79 Å². The number of alkyl halides is 3. The van der Waals surface area contributed by atoms with E-state index in [2.05, 4.69) is 21.3 Å². The number of carbonyl (C=O) groups excluding carboxylic acids is 1. The van der Waals surface area contributed by atoms with E-state index in [1.807, 2.05) is 5.32 Å². The number of hydrogen-bond donors (Lipinski definition) is 1. The highest BCUT2D eigenvalue weighted by molar-refractivity contribution is 6.32. The molecule has 1 heterocycles. The van der Waals surface area contributed by atoms with Crippen molar-refractivity contribution in [2.75, 3.05) is 0 Å². The highest BCUT2D eigenvalue weighted by atomic mass is 35.5. The Bertz CT molecular complexity index is 283. The predicted molar refractivity (Wildman–Crippen MR) is 39.1 cm³/mol. The summed E-state index contributed by atoms with van der Waals surface area (Å²) in [5.41, 5.74) is 0. The molecule has 0 aliphatic heterocycles. The number of hydrogen-bond acceptors (Lipinski definition) is 3. The third kappa shape index (κ3) is 2.98. The van der Waals surface area contributed by atoms with Crippen molar-refractivity contribution >= 4 is 17.5 Å². The van der Waals surface area contributed by atoms with Crippen LogP contribution >= 0.6 is 11.6 Å². The Morgan fingerprint density at radius 2 is 2.46 bits per heavy atom. The van der Waals surface area contributed by atoms with Gasteiger partial charge in [-0.25, -0.2) is 0 Å². The van der Waals surface area contributed by atoms with E-state index in [4.69, 9.17) is 0 Å².